The van der Waals surface area contributed by atoms with E-state index in [1.54, 1.807) is 4.68 Å². The molecule has 92 valence electrons. The average molecular weight is 262 g/mol. The molecule has 0 aliphatic rings. The van der Waals surface area contributed by atoms with Crippen molar-refractivity contribution in [1.82, 2.24) is 14.7 Å². The fourth-order valence-corrected chi connectivity index (χ4v) is 2.60. The molecule has 1 aromatic heterocycles. The Morgan fingerprint density at radius 3 is 2.62 bits per heavy atom. The molecule has 1 rings (SSSR count). The summed E-state index contributed by atoms with van der Waals surface area (Å²) in [6.07, 6.45) is 2.13. The van der Waals surface area contributed by atoms with Gasteiger partial charge in [0.2, 0.25) is 0 Å². The van der Waals surface area contributed by atoms with Gasteiger partial charge in [-0.3, -0.25) is 9.58 Å². The van der Waals surface area contributed by atoms with Gasteiger partial charge in [0.25, 0.3) is 0 Å². The van der Waals surface area contributed by atoms with E-state index in [9.17, 15) is 0 Å². The summed E-state index contributed by atoms with van der Waals surface area (Å²) >= 11 is 8.08. The number of nitrogens with zero attached hydrogens (tertiary/aromatic N) is 3. The predicted octanol–water partition coefficient (Wildman–Crippen LogP) is 2.57. The molecule has 0 aliphatic carbocycles. The lowest BCUT2D eigenvalue weighted by Crippen LogP contribution is -2.30. The van der Waals surface area contributed by atoms with E-state index in [0.29, 0.717) is 6.04 Å². The summed E-state index contributed by atoms with van der Waals surface area (Å²) in [6.45, 7) is 5.10. The van der Waals surface area contributed by atoms with Crippen molar-refractivity contribution in [2.45, 2.75) is 26.4 Å². The molecule has 16 heavy (non-hydrogen) atoms. The lowest BCUT2D eigenvalue weighted by atomic mass is 10.2. The van der Waals surface area contributed by atoms with Crippen LogP contribution in [-0.2, 0) is 13.6 Å². The van der Waals surface area contributed by atoms with Crippen molar-refractivity contribution in [1.29, 1.82) is 0 Å². The van der Waals surface area contributed by atoms with Gasteiger partial charge in [-0.15, -0.1) is 0 Å². The number of rotatable bonds is 5. The van der Waals surface area contributed by atoms with Crippen LogP contribution in [0.4, 0.5) is 0 Å². The van der Waals surface area contributed by atoms with Gasteiger partial charge in [0.1, 0.15) is 5.15 Å². The Labute approximate surface area is 107 Å². The molecular formula is C11H20ClN3S. The van der Waals surface area contributed by atoms with Crippen molar-refractivity contribution in [3.05, 3.63) is 16.4 Å². The SMILES string of the molecule is CSCC(C)N(C)Cc1c(C)nn(C)c1Cl. The average Bonchev–Trinajstić information content (AvgIpc) is 2.45. The molecule has 0 aromatic carbocycles. The number of hydrogen-bond acceptors (Lipinski definition) is 3. The topological polar surface area (TPSA) is 21.1 Å². The molecule has 0 spiro atoms. The zero-order valence-electron chi connectivity index (χ0n) is 10.6. The first-order chi connectivity index (χ1) is 7.47. The second-order valence-electron chi connectivity index (χ2n) is 4.20. The minimum atomic E-state index is 0.547. The Morgan fingerprint density at radius 2 is 2.19 bits per heavy atom. The molecule has 0 fully saturated rings. The van der Waals surface area contributed by atoms with E-state index >= 15 is 0 Å². The van der Waals surface area contributed by atoms with Gasteiger partial charge < -0.3 is 0 Å². The van der Waals surface area contributed by atoms with Crippen LogP contribution in [0, 0.1) is 6.92 Å². The molecule has 1 aromatic rings. The van der Waals surface area contributed by atoms with Crippen LogP contribution >= 0.6 is 23.4 Å². The number of aryl methyl sites for hydroxylation is 2. The summed E-state index contributed by atoms with van der Waals surface area (Å²) in [6, 6.07) is 0.547. The molecular weight excluding hydrogens is 242 g/mol. The van der Waals surface area contributed by atoms with Gasteiger partial charge in [-0.25, -0.2) is 0 Å². The molecule has 0 aliphatic heterocycles. The van der Waals surface area contributed by atoms with Crippen molar-refractivity contribution >= 4 is 23.4 Å². The molecule has 0 N–H and O–H groups in total. The van der Waals surface area contributed by atoms with Crippen LogP contribution < -0.4 is 0 Å². The summed E-state index contributed by atoms with van der Waals surface area (Å²) in [5, 5.41) is 5.07. The van der Waals surface area contributed by atoms with Crippen molar-refractivity contribution in [3.63, 3.8) is 0 Å². The fourth-order valence-electron chi connectivity index (χ4n) is 1.63. The smallest absolute Gasteiger partial charge is 0.131 e. The predicted molar refractivity (Wildman–Crippen MR) is 72.3 cm³/mol. The zero-order chi connectivity index (χ0) is 12.3. The quantitative estimate of drug-likeness (QED) is 0.813. The van der Waals surface area contributed by atoms with Crippen LogP contribution in [0.25, 0.3) is 0 Å². The largest absolute Gasteiger partial charge is 0.298 e. The van der Waals surface area contributed by atoms with Gasteiger partial charge in [-0.1, -0.05) is 11.6 Å². The maximum atomic E-state index is 6.21. The van der Waals surface area contributed by atoms with Gasteiger partial charge in [-0.2, -0.15) is 16.9 Å². The lowest BCUT2D eigenvalue weighted by molar-refractivity contribution is 0.269. The maximum Gasteiger partial charge on any atom is 0.131 e. The maximum absolute atomic E-state index is 6.21. The molecule has 0 amide bonds. The second kappa shape index (κ2) is 5.94. The summed E-state index contributed by atoms with van der Waals surface area (Å²) in [7, 11) is 4.01. The van der Waals surface area contributed by atoms with Crippen molar-refractivity contribution in [3.8, 4) is 0 Å². The van der Waals surface area contributed by atoms with Gasteiger partial charge in [0, 0.05) is 31.0 Å². The number of thioether (sulfide) groups is 1. The Bertz CT molecular complexity index is 351. The van der Waals surface area contributed by atoms with Crippen molar-refractivity contribution in [2.75, 3.05) is 19.1 Å². The Hall–Kier alpha value is -0.190. The van der Waals surface area contributed by atoms with Crippen LogP contribution in [0.1, 0.15) is 18.2 Å². The van der Waals surface area contributed by atoms with Gasteiger partial charge >= 0.3 is 0 Å². The highest BCUT2D eigenvalue weighted by atomic mass is 35.5. The van der Waals surface area contributed by atoms with E-state index in [1.165, 1.54) is 0 Å². The monoisotopic (exact) mass is 261 g/mol. The highest BCUT2D eigenvalue weighted by molar-refractivity contribution is 7.98. The summed E-state index contributed by atoms with van der Waals surface area (Å²) in [5.74, 6) is 1.13. The normalized spacial score (nSPS) is 13.4. The van der Waals surface area contributed by atoms with E-state index in [0.717, 1.165) is 28.7 Å². The minimum absolute atomic E-state index is 0.547. The number of aromatic nitrogens is 2. The highest BCUT2D eigenvalue weighted by Gasteiger charge is 2.16. The van der Waals surface area contributed by atoms with Gasteiger partial charge in [-0.05, 0) is 27.2 Å². The minimum Gasteiger partial charge on any atom is -0.298 e. The molecule has 1 atom stereocenters. The van der Waals surface area contributed by atoms with Crippen LogP contribution in [-0.4, -0.2) is 39.8 Å². The molecule has 0 bridgehead atoms. The first-order valence-electron chi connectivity index (χ1n) is 5.34. The van der Waals surface area contributed by atoms with Crippen LogP contribution in [0.2, 0.25) is 5.15 Å². The third-order valence-electron chi connectivity index (χ3n) is 2.84. The Kier molecular flexibility index (Phi) is 5.15. The molecule has 0 saturated heterocycles. The first kappa shape index (κ1) is 13.9. The highest BCUT2D eigenvalue weighted by Crippen LogP contribution is 2.21. The van der Waals surface area contributed by atoms with Crippen molar-refractivity contribution in [2.24, 2.45) is 7.05 Å². The first-order valence-corrected chi connectivity index (χ1v) is 7.11. The second-order valence-corrected chi connectivity index (χ2v) is 5.47. The van der Waals surface area contributed by atoms with Crippen LogP contribution in [0.5, 0.6) is 0 Å². The molecule has 0 saturated carbocycles. The molecule has 1 heterocycles. The Morgan fingerprint density at radius 1 is 1.56 bits per heavy atom. The van der Waals surface area contributed by atoms with Crippen LogP contribution in [0.3, 0.4) is 0 Å². The van der Waals surface area contributed by atoms with E-state index in [2.05, 4.69) is 30.2 Å². The van der Waals surface area contributed by atoms with Crippen LogP contribution in [0.15, 0.2) is 0 Å². The van der Waals surface area contributed by atoms with E-state index < -0.39 is 0 Å². The standard InChI is InChI=1S/C11H20ClN3S/c1-8(7-16-5)14(3)6-10-9(2)13-15(4)11(10)12/h8H,6-7H2,1-5H3. The number of halogens is 1. The molecule has 5 heteroatoms. The van der Waals surface area contributed by atoms with E-state index in [4.69, 9.17) is 11.6 Å². The molecule has 1 unspecified atom stereocenters. The van der Waals surface area contributed by atoms with E-state index in [-0.39, 0.29) is 0 Å². The third-order valence-corrected chi connectivity index (χ3v) is 4.13. The van der Waals surface area contributed by atoms with E-state index in [1.807, 2.05) is 25.7 Å². The fraction of sp³-hybridized carbons (Fsp3) is 0.727. The molecule has 0 radical (unpaired) electrons. The third kappa shape index (κ3) is 3.15. The Balaban J connectivity index is 2.72. The van der Waals surface area contributed by atoms with Gasteiger partial charge in [0.05, 0.1) is 5.69 Å². The van der Waals surface area contributed by atoms with Gasteiger partial charge in [0.15, 0.2) is 0 Å². The zero-order valence-corrected chi connectivity index (χ0v) is 12.2. The summed E-state index contributed by atoms with van der Waals surface area (Å²) in [4.78, 5) is 2.31. The van der Waals surface area contributed by atoms with Crippen molar-refractivity contribution < 1.29 is 0 Å². The lowest BCUT2D eigenvalue weighted by Gasteiger charge is -2.23. The number of hydrogen-bond donors (Lipinski definition) is 0. The molecule has 3 nitrogen and oxygen atoms in total. The summed E-state index contributed by atoms with van der Waals surface area (Å²) in [5.41, 5.74) is 2.16. The summed E-state index contributed by atoms with van der Waals surface area (Å²) < 4.78 is 1.74.